The third-order valence-electron chi connectivity index (χ3n) is 3.50. The number of amides is 1. The van der Waals surface area contributed by atoms with Gasteiger partial charge in [0.1, 0.15) is 0 Å². The minimum atomic E-state index is -1.01. The number of nitrogens with zero attached hydrogens (tertiary/aromatic N) is 1. The predicted octanol–water partition coefficient (Wildman–Crippen LogP) is 1.97. The van der Waals surface area contributed by atoms with Gasteiger partial charge in [-0.3, -0.25) is 4.79 Å². The molecule has 1 saturated heterocycles. The van der Waals surface area contributed by atoms with E-state index in [0.29, 0.717) is 31.0 Å². The zero-order valence-electron chi connectivity index (χ0n) is 11.6. The van der Waals surface area contributed by atoms with E-state index in [1.807, 2.05) is 24.3 Å². The molecule has 21 heavy (non-hydrogen) atoms. The van der Waals surface area contributed by atoms with Crippen LogP contribution >= 0.6 is 11.6 Å². The van der Waals surface area contributed by atoms with Crippen LogP contribution in [-0.2, 0) is 20.7 Å². The summed E-state index contributed by atoms with van der Waals surface area (Å²) in [4.78, 5) is 24.7. The lowest BCUT2D eigenvalue weighted by Crippen LogP contribution is -2.52. The number of carbonyl (C=O) groups is 2. The number of morpholine rings is 1. The van der Waals surface area contributed by atoms with Crippen LogP contribution in [0.4, 0.5) is 0 Å². The molecule has 0 aliphatic carbocycles. The Kier molecular flexibility index (Phi) is 5.59. The molecule has 0 radical (unpaired) electrons. The molecule has 1 aliphatic rings. The van der Waals surface area contributed by atoms with Gasteiger partial charge in [0.2, 0.25) is 5.91 Å². The fraction of sp³-hybridized carbons (Fsp3) is 0.467. The van der Waals surface area contributed by atoms with Crippen LogP contribution in [-0.4, -0.2) is 47.7 Å². The van der Waals surface area contributed by atoms with Crippen LogP contribution in [0.25, 0.3) is 0 Å². The largest absolute Gasteiger partial charge is 0.480 e. The maximum atomic E-state index is 12.1. The first kappa shape index (κ1) is 15.8. The quantitative estimate of drug-likeness (QED) is 0.903. The van der Waals surface area contributed by atoms with Gasteiger partial charge in [-0.15, -0.1) is 0 Å². The molecule has 1 atom stereocenters. The number of carboxylic acids is 1. The van der Waals surface area contributed by atoms with E-state index in [-0.39, 0.29) is 12.5 Å². The highest BCUT2D eigenvalue weighted by Gasteiger charge is 2.32. The van der Waals surface area contributed by atoms with Crippen molar-refractivity contribution in [3.8, 4) is 0 Å². The van der Waals surface area contributed by atoms with Crippen molar-refractivity contribution in [2.24, 2.45) is 0 Å². The van der Waals surface area contributed by atoms with Gasteiger partial charge >= 0.3 is 5.97 Å². The first-order valence-electron chi connectivity index (χ1n) is 6.92. The molecule has 0 spiro atoms. The number of benzene rings is 1. The number of aryl methyl sites for hydroxylation is 1. The molecular weight excluding hydrogens is 294 g/mol. The molecule has 2 rings (SSSR count). The smallest absolute Gasteiger partial charge is 0.328 e. The molecule has 114 valence electrons. The standard InChI is InChI=1S/C15H18ClNO4/c16-12-6-4-11(5-7-12)2-1-3-14(18)17-8-9-21-10-13(17)15(19)20/h4-7,13H,1-3,8-10H2,(H,19,20). The van der Waals surface area contributed by atoms with E-state index in [2.05, 4.69) is 0 Å². The van der Waals surface area contributed by atoms with E-state index >= 15 is 0 Å². The molecule has 6 heteroatoms. The van der Waals surface area contributed by atoms with Gasteiger partial charge in [-0.25, -0.2) is 4.79 Å². The van der Waals surface area contributed by atoms with Gasteiger partial charge in [-0.2, -0.15) is 0 Å². The topological polar surface area (TPSA) is 66.8 Å². The lowest BCUT2D eigenvalue weighted by atomic mass is 10.1. The molecule has 1 aliphatic heterocycles. The fourth-order valence-corrected chi connectivity index (χ4v) is 2.47. The van der Waals surface area contributed by atoms with E-state index in [0.717, 1.165) is 12.0 Å². The summed E-state index contributed by atoms with van der Waals surface area (Å²) >= 11 is 5.82. The molecule has 1 aromatic rings. The average molecular weight is 312 g/mol. The second-order valence-corrected chi connectivity index (χ2v) is 5.43. The molecule has 1 fully saturated rings. The van der Waals surface area contributed by atoms with Gasteiger partial charge < -0.3 is 14.7 Å². The van der Waals surface area contributed by atoms with Crippen LogP contribution in [0.15, 0.2) is 24.3 Å². The molecular formula is C15H18ClNO4. The van der Waals surface area contributed by atoms with Crippen molar-refractivity contribution in [1.82, 2.24) is 4.90 Å². The SMILES string of the molecule is O=C(O)C1COCCN1C(=O)CCCc1ccc(Cl)cc1. The molecule has 5 nitrogen and oxygen atoms in total. The molecule has 0 bridgehead atoms. The Balaban J connectivity index is 1.83. The number of halogens is 1. The Labute approximate surface area is 128 Å². The molecule has 0 saturated carbocycles. The summed E-state index contributed by atoms with van der Waals surface area (Å²) in [6.07, 6.45) is 1.79. The van der Waals surface area contributed by atoms with E-state index in [1.54, 1.807) is 0 Å². The molecule has 1 N–H and O–H groups in total. The second kappa shape index (κ2) is 7.43. The van der Waals surface area contributed by atoms with Gasteiger partial charge in [0.25, 0.3) is 0 Å². The van der Waals surface area contributed by atoms with E-state index in [1.165, 1.54) is 4.90 Å². The Bertz CT molecular complexity index is 503. The summed E-state index contributed by atoms with van der Waals surface area (Å²) in [6, 6.07) is 6.65. The monoisotopic (exact) mass is 311 g/mol. The van der Waals surface area contributed by atoms with Gasteiger partial charge in [0.05, 0.1) is 13.2 Å². The number of carboxylic acid groups (broad SMARTS) is 1. The highest BCUT2D eigenvalue weighted by molar-refractivity contribution is 6.30. The number of hydrogen-bond acceptors (Lipinski definition) is 3. The van der Waals surface area contributed by atoms with Gasteiger partial charge in [-0.05, 0) is 30.5 Å². The molecule has 0 aromatic heterocycles. The van der Waals surface area contributed by atoms with Gasteiger partial charge in [0.15, 0.2) is 6.04 Å². The van der Waals surface area contributed by atoms with Crippen molar-refractivity contribution in [3.05, 3.63) is 34.9 Å². The third-order valence-corrected chi connectivity index (χ3v) is 3.76. The van der Waals surface area contributed by atoms with E-state index in [4.69, 9.17) is 21.4 Å². The van der Waals surface area contributed by atoms with Crippen LogP contribution in [0.1, 0.15) is 18.4 Å². The normalized spacial score (nSPS) is 18.5. The molecule has 1 amide bonds. The van der Waals surface area contributed by atoms with Gasteiger partial charge in [-0.1, -0.05) is 23.7 Å². The molecule has 1 unspecified atom stereocenters. The number of rotatable bonds is 5. The van der Waals surface area contributed by atoms with Crippen LogP contribution in [0.5, 0.6) is 0 Å². The molecule has 1 aromatic carbocycles. The second-order valence-electron chi connectivity index (χ2n) is 5.00. The number of carbonyl (C=O) groups excluding carboxylic acids is 1. The van der Waals surface area contributed by atoms with Crippen LogP contribution in [0.2, 0.25) is 5.02 Å². The Morgan fingerprint density at radius 1 is 1.33 bits per heavy atom. The lowest BCUT2D eigenvalue weighted by Gasteiger charge is -2.32. The minimum absolute atomic E-state index is 0.0677. The van der Waals surface area contributed by atoms with Crippen molar-refractivity contribution in [3.63, 3.8) is 0 Å². The van der Waals surface area contributed by atoms with Crippen molar-refractivity contribution < 1.29 is 19.4 Å². The maximum Gasteiger partial charge on any atom is 0.328 e. The summed E-state index contributed by atoms with van der Waals surface area (Å²) < 4.78 is 5.12. The molecule has 1 heterocycles. The summed E-state index contributed by atoms with van der Waals surface area (Å²) in [6.45, 7) is 0.807. The number of ether oxygens (including phenoxy) is 1. The Morgan fingerprint density at radius 3 is 2.71 bits per heavy atom. The zero-order chi connectivity index (χ0) is 15.2. The van der Waals surface area contributed by atoms with Crippen LogP contribution in [0.3, 0.4) is 0 Å². The lowest BCUT2D eigenvalue weighted by molar-refractivity contribution is -0.158. The third kappa shape index (κ3) is 4.44. The minimum Gasteiger partial charge on any atom is -0.480 e. The summed E-state index contributed by atoms with van der Waals surface area (Å²) in [5.41, 5.74) is 1.11. The summed E-state index contributed by atoms with van der Waals surface area (Å²) in [5.74, 6) is -1.14. The average Bonchev–Trinajstić information content (AvgIpc) is 2.49. The number of aliphatic carboxylic acids is 1. The first-order valence-corrected chi connectivity index (χ1v) is 7.30. The van der Waals surface area contributed by atoms with Crippen molar-refractivity contribution in [2.45, 2.75) is 25.3 Å². The van der Waals surface area contributed by atoms with Crippen LogP contribution < -0.4 is 0 Å². The first-order chi connectivity index (χ1) is 10.1. The Hall–Kier alpha value is -1.59. The van der Waals surface area contributed by atoms with Crippen molar-refractivity contribution >= 4 is 23.5 Å². The summed E-state index contributed by atoms with van der Waals surface area (Å²) in [7, 11) is 0. The highest BCUT2D eigenvalue weighted by atomic mass is 35.5. The predicted molar refractivity (Wildman–Crippen MR) is 78.3 cm³/mol. The van der Waals surface area contributed by atoms with Crippen molar-refractivity contribution in [2.75, 3.05) is 19.8 Å². The van der Waals surface area contributed by atoms with Crippen LogP contribution in [0, 0.1) is 0 Å². The summed E-state index contributed by atoms with van der Waals surface area (Å²) in [5, 5.41) is 9.79. The number of hydrogen-bond donors (Lipinski definition) is 1. The zero-order valence-corrected chi connectivity index (χ0v) is 12.4. The van der Waals surface area contributed by atoms with Crippen molar-refractivity contribution in [1.29, 1.82) is 0 Å². The highest BCUT2D eigenvalue weighted by Crippen LogP contribution is 2.14. The Morgan fingerprint density at radius 2 is 2.05 bits per heavy atom. The van der Waals surface area contributed by atoms with E-state index in [9.17, 15) is 9.59 Å². The van der Waals surface area contributed by atoms with Gasteiger partial charge in [0, 0.05) is 18.0 Å². The maximum absolute atomic E-state index is 12.1. The van der Waals surface area contributed by atoms with E-state index < -0.39 is 12.0 Å². The fourth-order valence-electron chi connectivity index (χ4n) is 2.35.